The van der Waals surface area contributed by atoms with E-state index in [0.29, 0.717) is 0 Å². The fourth-order valence-electron chi connectivity index (χ4n) is 1.81. The smallest absolute Gasteiger partial charge is 0.203 e. The first-order valence-electron chi connectivity index (χ1n) is 4.49. The van der Waals surface area contributed by atoms with Crippen molar-refractivity contribution < 1.29 is 39.5 Å². The zero-order chi connectivity index (χ0) is 15.0. The highest BCUT2D eigenvalue weighted by molar-refractivity contribution is 7.27. The molecule has 106 valence electrons. The van der Waals surface area contributed by atoms with Gasteiger partial charge in [0.25, 0.3) is 0 Å². The summed E-state index contributed by atoms with van der Waals surface area (Å²) in [5.74, 6) is -24.7. The van der Waals surface area contributed by atoms with E-state index in [1.54, 1.807) is 0 Å². The van der Waals surface area contributed by atoms with Gasteiger partial charge in [0.2, 0.25) is 0 Å². The molecule has 0 saturated carbocycles. The van der Waals surface area contributed by atoms with Crippen LogP contribution in [0.3, 0.4) is 0 Å². The molecule has 1 aliphatic rings. The third kappa shape index (κ3) is 1.37. The van der Waals surface area contributed by atoms with E-state index in [1.807, 2.05) is 0 Å². The molecule has 0 aliphatic heterocycles. The Hall–Kier alpha value is -0.980. The maximum absolute atomic E-state index is 13.3. The van der Waals surface area contributed by atoms with Crippen molar-refractivity contribution in [2.45, 2.75) is 17.8 Å². The Labute approximate surface area is 101 Å². The van der Waals surface area contributed by atoms with Crippen LogP contribution in [0.5, 0.6) is 0 Å². The molecule has 0 nitrogen and oxygen atoms in total. The first-order valence-corrected chi connectivity index (χ1v) is 5.07. The van der Waals surface area contributed by atoms with Gasteiger partial charge >= 0.3 is 17.8 Å². The molecule has 1 aliphatic carbocycles. The number of halogens is 9. The van der Waals surface area contributed by atoms with Crippen LogP contribution in [0, 0.1) is 17.5 Å². The van der Waals surface area contributed by atoms with Crippen LogP contribution in [0.1, 0.15) is 11.1 Å². The molecule has 0 heterocycles. The maximum atomic E-state index is 13.3. The van der Waals surface area contributed by atoms with Gasteiger partial charge in [-0.05, 0) is 0 Å². The average molecular weight is 312 g/mol. The van der Waals surface area contributed by atoms with Gasteiger partial charge < -0.3 is 0 Å². The summed E-state index contributed by atoms with van der Waals surface area (Å²) in [5.41, 5.74) is -4.77. The Balaban J connectivity index is 3.02. The molecule has 10 heteroatoms. The van der Waals surface area contributed by atoms with Crippen molar-refractivity contribution in [3.63, 3.8) is 0 Å². The summed E-state index contributed by atoms with van der Waals surface area (Å²) in [6.07, 6.45) is 0. The Kier molecular flexibility index (Phi) is 2.70. The van der Waals surface area contributed by atoms with Gasteiger partial charge in [-0.1, -0.05) is 0 Å². The molecule has 0 radical (unpaired) electrons. The van der Waals surface area contributed by atoms with E-state index in [4.69, 9.17) is 0 Å². The Morgan fingerprint density at radius 1 is 0.632 bits per heavy atom. The predicted octanol–water partition coefficient (Wildman–Crippen LogP) is 3.44. The van der Waals surface area contributed by atoms with Gasteiger partial charge in [0.05, 0.1) is 11.1 Å². The van der Waals surface area contributed by atoms with Gasteiger partial charge in [-0.25, -0.2) is 13.2 Å². The summed E-state index contributed by atoms with van der Waals surface area (Å²) >= 11 is 0. The number of hydrogen-bond acceptors (Lipinski definition) is 0. The van der Waals surface area contributed by atoms with Crippen LogP contribution in [0.4, 0.5) is 39.5 Å². The van der Waals surface area contributed by atoms with E-state index >= 15 is 0 Å². The number of alkyl halides is 6. The Bertz CT molecular complexity index is 529. The van der Waals surface area contributed by atoms with Crippen LogP contribution in [0.2, 0.25) is 0 Å². The highest BCUT2D eigenvalue weighted by atomic mass is 31.0. The minimum Gasteiger partial charge on any atom is -0.203 e. The minimum absolute atomic E-state index is 1.09. The SMILES string of the molecule is Fc1c(F)c(P)c2c(c1F)C(F)(F)C(F)(F)C2(F)F. The third-order valence-corrected chi connectivity index (χ3v) is 3.32. The van der Waals surface area contributed by atoms with E-state index in [1.165, 1.54) is 0 Å². The van der Waals surface area contributed by atoms with E-state index in [0.717, 1.165) is 9.24 Å². The second-order valence-corrected chi connectivity index (χ2v) is 4.41. The summed E-state index contributed by atoms with van der Waals surface area (Å²) < 4.78 is 118. The molecule has 0 bridgehead atoms. The summed E-state index contributed by atoms with van der Waals surface area (Å²) in [6, 6.07) is 0. The molecule has 1 unspecified atom stereocenters. The Morgan fingerprint density at radius 3 is 1.53 bits per heavy atom. The lowest BCUT2D eigenvalue weighted by Gasteiger charge is -2.23. The highest BCUT2D eigenvalue weighted by Gasteiger charge is 2.80. The van der Waals surface area contributed by atoms with Gasteiger partial charge in [0, 0.05) is 5.30 Å². The molecule has 19 heavy (non-hydrogen) atoms. The molecular formula is C9H2F9P. The van der Waals surface area contributed by atoms with Crippen molar-refractivity contribution in [1.82, 2.24) is 0 Å². The second-order valence-electron chi connectivity index (χ2n) is 3.83. The minimum atomic E-state index is -5.99. The van der Waals surface area contributed by atoms with Crippen LogP contribution in [0.25, 0.3) is 0 Å². The topological polar surface area (TPSA) is 0 Å². The summed E-state index contributed by atoms with van der Waals surface area (Å²) in [5, 5.41) is -1.56. The highest BCUT2D eigenvalue weighted by Crippen LogP contribution is 2.63. The van der Waals surface area contributed by atoms with Gasteiger partial charge in [0.1, 0.15) is 0 Å². The molecule has 0 saturated heterocycles. The number of rotatable bonds is 0. The van der Waals surface area contributed by atoms with Crippen molar-refractivity contribution in [3.05, 3.63) is 28.6 Å². The molecule has 1 aromatic carbocycles. The molecule has 1 aromatic rings. The van der Waals surface area contributed by atoms with Crippen LogP contribution < -0.4 is 5.30 Å². The second kappa shape index (κ2) is 3.56. The van der Waals surface area contributed by atoms with Gasteiger partial charge in [-0.15, -0.1) is 9.24 Å². The fraction of sp³-hybridized carbons (Fsp3) is 0.333. The molecule has 0 N–H and O–H groups in total. The largest absolute Gasteiger partial charge is 0.380 e. The third-order valence-electron chi connectivity index (χ3n) is 2.78. The standard InChI is InChI=1S/C9H2F9P/c10-3-1-2(6(19)5(12)4(3)11)8(15,16)9(17,18)7(1,13)14/h19H2. The van der Waals surface area contributed by atoms with E-state index in [-0.39, 0.29) is 0 Å². The van der Waals surface area contributed by atoms with Gasteiger partial charge in [-0.3, -0.25) is 0 Å². The predicted molar refractivity (Wildman–Crippen MR) is 48.4 cm³/mol. The van der Waals surface area contributed by atoms with E-state index < -0.39 is 51.7 Å². The zero-order valence-corrected chi connectivity index (χ0v) is 9.63. The van der Waals surface area contributed by atoms with Gasteiger partial charge in [-0.2, -0.15) is 26.3 Å². The van der Waals surface area contributed by atoms with Crippen LogP contribution >= 0.6 is 9.24 Å². The lowest BCUT2D eigenvalue weighted by Crippen LogP contribution is -2.44. The molecular weight excluding hydrogens is 310 g/mol. The summed E-state index contributed by atoms with van der Waals surface area (Å²) in [4.78, 5) is 0. The lowest BCUT2D eigenvalue weighted by atomic mass is 10.1. The van der Waals surface area contributed by atoms with Gasteiger partial charge in [0.15, 0.2) is 17.5 Å². The van der Waals surface area contributed by atoms with Crippen LogP contribution in [0.15, 0.2) is 0 Å². The molecule has 0 amide bonds. The first kappa shape index (κ1) is 14.4. The number of hydrogen-bond donors (Lipinski definition) is 0. The molecule has 1 atom stereocenters. The maximum Gasteiger partial charge on any atom is 0.380 e. The first-order chi connectivity index (χ1) is 8.39. The summed E-state index contributed by atoms with van der Waals surface area (Å²) in [6.45, 7) is 0. The van der Waals surface area contributed by atoms with E-state index in [2.05, 4.69) is 0 Å². The fourth-order valence-corrected chi connectivity index (χ4v) is 2.26. The zero-order valence-electron chi connectivity index (χ0n) is 8.48. The van der Waals surface area contributed by atoms with Crippen molar-refractivity contribution in [2.75, 3.05) is 0 Å². The van der Waals surface area contributed by atoms with Crippen LogP contribution in [-0.2, 0) is 11.8 Å². The monoisotopic (exact) mass is 312 g/mol. The molecule has 0 fully saturated rings. The normalized spacial score (nSPS) is 22.4. The molecule has 0 spiro atoms. The summed E-state index contributed by atoms with van der Waals surface area (Å²) in [7, 11) is 1.09. The molecule has 2 rings (SSSR count). The van der Waals surface area contributed by atoms with Crippen molar-refractivity contribution in [3.8, 4) is 0 Å². The van der Waals surface area contributed by atoms with Crippen molar-refractivity contribution >= 4 is 14.5 Å². The average Bonchev–Trinajstić information content (AvgIpc) is 2.39. The van der Waals surface area contributed by atoms with Crippen molar-refractivity contribution in [1.29, 1.82) is 0 Å². The number of benzene rings is 1. The van der Waals surface area contributed by atoms with E-state index in [9.17, 15) is 39.5 Å². The number of fused-ring (bicyclic) bond motifs is 1. The lowest BCUT2D eigenvalue weighted by molar-refractivity contribution is -0.302. The Morgan fingerprint density at radius 2 is 1.05 bits per heavy atom. The van der Waals surface area contributed by atoms with Crippen LogP contribution in [-0.4, -0.2) is 5.92 Å². The van der Waals surface area contributed by atoms with Crippen molar-refractivity contribution in [2.24, 2.45) is 0 Å². The quantitative estimate of drug-likeness (QED) is 0.391. The molecule has 0 aromatic heterocycles.